The molecule has 0 saturated heterocycles. The Morgan fingerprint density at radius 1 is 1.65 bits per heavy atom. The molecule has 2 unspecified atom stereocenters. The van der Waals surface area contributed by atoms with E-state index in [4.69, 9.17) is 18.0 Å². The number of pyridine rings is 1. The largest absolute Gasteiger partial charge is 0.389 e. The topological polar surface area (TPSA) is 68.0 Å². The van der Waals surface area contributed by atoms with Crippen LogP contribution in [0.4, 0.5) is 0 Å². The normalized spacial score (nSPS) is 21.9. The van der Waals surface area contributed by atoms with Gasteiger partial charge in [0, 0.05) is 17.8 Å². The molecule has 17 heavy (non-hydrogen) atoms. The summed E-state index contributed by atoms with van der Waals surface area (Å²) in [6, 6.07) is 3.69. The average molecular weight is 249 g/mol. The molecule has 3 N–H and O–H groups in total. The van der Waals surface area contributed by atoms with Crippen LogP contribution in [0.25, 0.3) is 0 Å². The standard InChI is InChI=1S/C12H15N3OS/c1-2-7-5-10(7)15-12(16)9-4-3-8(6-14-9)11(13)17/h3-4,6-7,10H,2,5H2,1H3,(H2,13,17)(H,15,16). The summed E-state index contributed by atoms with van der Waals surface area (Å²) in [6.45, 7) is 2.13. The van der Waals surface area contributed by atoms with Gasteiger partial charge in [-0.1, -0.05) is 25.6 Å². The van der Waals surface area contributed by atoms with Gasteiger partial charge in [0.1, 0.15) is 10.7 Å². The number of nitrogens with two attached hydrogens (primary N) is 1. The third kappa shape index (κ3) is 2.79. The Balaban J connectivity index is 1.97. The van der Waals surface area contributed by atoms with Crippen LogP contribution in [0, 0.1) is 5.92 Å². The summed E-state index contributed by atoms with van der Waals surface area (Å²) < 4.78 is 0. The summed E-state index contributed by atoms with van der Waals surface area (Å²) in [5, 5.41) is 2.95. The molecule has 0 bridgehead atoms. The highest BCUT2D eigenvalue weighted by Crippen LogP contribution is 2.33. The van der Waals surface area contributed by atoms with E-state index in [1.54, 1.807) is 12.1 Å². The Labute approximate surface area is 106 Å². The molecule has 0 radical (unpaired) electrons. The van der Waals surface area contributed by atoms with Crippen molar-refractivity contribution in [1.82, 2.24) is 10.3 Å². The molecule has 1 amide bonds. The van der Waals surface area contributed by atoms with Gasteiger partial charge in [0.05, 0.1) is 0 Å². The van der Waals surface area contributed by atoms with Gasteiger partial charge in [0.2, 0.25) is 0 Å². The number of carbonyl (C=O) groups is 1. The van der Waals surface area contributed by atoms with Crippen molar-refractivity contribution < 1.29 is 4.79 Å². The first-order valence-electron chi connectivity index (χ1n) is 5.68. The van der Waals surface area contributed by atoms with Crippen LogP contribution >= 0.6 is 12.2 Å². The highest BCUT2D eigenvalue weighted by molar-refractivity contribution is 7.80. The molecular weight excluding hydrogens is 234 g/mol. The van der Waals surface area contributed by atoms with Crippen LogP contribution in [-0.2, 0) is 0 Å². The van der Waals surface area contributed by atoms with E-state index in [1.807, 2.05) is 0 Å². The highest BCUT2D eigenvalue weighted by atomic mass is 32.1. The maximum Gasteiger partial charge on any atom is 0.270 e. The Morgan fingerprint density at radius 3 is 2.88 bits per heavy atom. The lowest BCUT2D eigenvalue weighted by atomic mass is 10.2. The smallest absolute Gasteiger partial charge is 0.270 e. The fraction of sp³-hybridized carbons (Fsp3) is 0.417. The molecule has 1 aromatic rings. The van der Waals surface area contributed by atoms with E-state index in [9.17, 15) is 4.79 Å². The Morgan fingerprint density at radius 2 is 2.41 bits per heavy atom. The van der Waals surface area contributed by atoms with Crippen LogP contribution in [0.2, 0.25) is 0 Å². The lowest BCUT2D eigenvalue weighted by molar-refractivity contribution is 0.0944. The van der Waals surface area contributed by atoms with Gasteiger partial charge in [-0.15, -0.1) is 0 Å². The van der Waals surface area contributed by atoms with Crippen molar-refractivity contribution in [2.75, 3.05) is 0 Å². The maximum atomic E-state index is 11.8. The van der Waals surface area contributed by atoms with E-state index in [0.29, 0.717) is 23.2 Å². The van der Waals surface area contributed by atoms with E-state index in [0.717, 1.165) is 12.8 Å². The third-order valence-corrected chi connectivity index (χ3v) is 3.28. The van der Waals surface area contributed by atoms with Gasteiger partial charge in [-0.25, -0.2) is 0 Å². The second-order valence-corrected chi connectivity index (χ2v) is 4.72. The molecule has 2 atom stereocenters. The van der Waals surface area contributed by atoms with Gasteiger partial charge in [-0.2, -0.15) is 0 Å². The molecule has 2 rings (SSSR count). The van der Waals surface area contributed by atoms with Crippen molar-refractivity contribution in [3.05, 3.63) is 29.6 Å². The molecule has 1 aliphatic rings. The van der Waals surface area contributed by atoms with E-state index in [1.165, 1.54) is 6.20 Å². The van der Waals surface area contributed by atoms with Gasteiger partial charge in [-0.3, -0.25) is 9.78 Å². The Hall–Kier alpha value is -1.49. The van der Waals surface area contributed by atoms with Crippen LogP contribution in [0.1, 0.15) is 35.8 Å². The number of aromatic nitrogens is 1. The number of rotatable bonds is 4. The van der Waals surface area contributed by atoms with Crippen LogP contribution in [-0.4, -0.2) is 21.9 Å². The van der Waals surface area contributed by atoms with E-state index in [2.05, 4.69) is 17.2 Å². The minimum absolute atomic E-state index is 0.125. The Bertz CT molecular complexity index is 444. The van der Waals surface area contributed by atoms with Crippen LogP contribution in [0.5, 0.6) is 0 Å². The van der Waals surface area contributed by atoms with Gasteiger partial charge in [0.25, 0.3) is 5.91 Å². The molecular formula is C12H15N3OS. The van der Waals surface area contributed by atoms with Crippen LogP contribution in [0.3, 0.4) is 0 Å². The van der Waals surface area contributed by atoms with Crippen LogP contribution < -0.4 is 11.1 Å². The molecule has 0 aliphatic heterocycles. The lowest BCUT2D eigenvalue weighted by Crippen LogP contribution is -2.27. The van der Waals surface area contributed by atoms with Crippen molar-refractivity contribution in [2.45, 2.75) is 25.8 Å². The first-order valence-corrected chi connectivity index (χ1v) is 6.09. The van der Waals surface area contributed by atoms with E-state index < -0.39 is 0 Å². The number of hydrogen-bond donors (Lipinski definition) is 2. The molecule has 0 aromatic carbocycles. The number of carbonyl (C=O) groups excluding carboxylic acids is 1. The second-order valence-electron chi connectivity index (χ2n) is 4.28. The summed E-state index contributed by atoms with van der Waals surface area (Å²) in [6.07, 6.45) is 3.72. The number of amides is 1. The fourth-order valence-corrected chi connectivity index (χ4v) is 1.91. The van der Waals surface area contributed by atoms with Crippen molar-refractivity contribution in [3.8, 4) is 0 Å². The van der Waals surface area contributed by atoms with Crippen LogP contribution in [0.15, 0.2) is 18.3 Å². The zero-order valence-corrected chi connectivity index (χ0v) is 10.5. The van der Waals surface area contributed by atoms with Crippen molar-refractivity contribution in [2.24, 2.45) is 11.7 Å². The third-order valence-electron chi connectivity index (χ3n) is 3.04. The first kappa shape index (κ1) is 12.0. The highest BCUT2D eigenvalue weighted by Gasteiger charge is 2.36. The van der Waals surface area contributed by atoms with Gasteiger partial charge >= 0.3 is 0 Å². The van der Waals surface area contributed by atoms with E-state index >= 15 is 0 Å². The van der Waals surface area contributed by atoms with Gasteiger partial charge in [-0.05, 0) is 24.5 Å². The zero-order valence-electron chi connectivity index (χ0n) is 9.64. The minimum atomic E-state index is -0.125. The first-order chi connectivity index (χ1) is 8.11. The monoisotopic (exact) mass is 249 g/mol. The maximum absolute atomic E-state index is 11.8. The van der Waals surface area contributed by atoms with Gasteiger partial charge in [0.15, 0.2) is 0 Å². The van der Waals surface area contributed by atoms with Crippen molar-refractivity contribution >= 4 is 23.1 Å². The molecule has 1 saturated carbocycles. The summed E-state index contributed by atoms with van der Waals surface area (Å²) in [4.78, 5) is 16.1. The zero-order chi connectivity index (χ0) is 12.4. The summed E-state index contributed by atoms with van der Waals surface area (Å²) in [5.41, 5.74) is 6.54. The number of nitrogens with zero attached hydrogens (tertiary/aromatic N) is 1. The molecule has 4 nitrogen and oxygen atoms in total. The van der Waals surface area contributed by atoms with Gasteiger partial charge < -0.3 is 11.1 Å². The number of thiocarbonyl (C=S) groups is 1. The summed E-state index contributed by atoms with van der Waals surface area (Å²) in [7, 11) is 0. The second kappa shape index (κ2) is 4.79. The quantitative estimate of drug-likeness (QED) is 0.788. The van der Waals surface area contributed by atoms with E-state index in [-0.39, 0.29) is 10.9 Å². The molecule has 1 aromatic heterocycles. The summed E-state index contributed by atoms with van der Waals surface area (Å²) in [5.74, 6) is 0.510. The number of hydrogen-bond acceptors (Lipinski definition) is 3. The molecule has 1 fully saturated rings. The summed E-state index contributed by atoms with van der Waals surface area (Å²) >= 11 is 4.82. The molecule has 90 valence electrons. The predicted octanol–water partition coefficient (Wildman–Crippen LogP) is 1.24. The molecule has 1 aliphatic carbocycles. The average Bonchev–Trinajstić information content (AvgIpc) is 3.07. The fourth-order valence-electron chi connectivity index (χ4n) is 1.79. The molecule has 5 heteroatoms. The molecule has 1 heterocycles. The van der Waals surface area contributed by atoms with Crippen molar-refractivity contribution in [1.29, 1.82) is 0 Å². The minimum Gasteiger partial charge on any atom is -0.389 e. The molecule has 0 spiro atoms. The SMILES string of the molecule is CCC1CC1NC(=O)c1ccc(C(N)=S)cn1. The lowest BCUT2D eigenvalue weighted by Gasteiger charge is -2.04. The number of nitrogens with one attached hydrogen (secondary N) is 1. The predicted molar refractivity (Wildman–Crippen MR) is 69.8 cm³/mol. The van der Waals surface area contributed by atoms with Crippen molar-refractivity contribution in [3.63, 3.8) is 0 Å². The Kier molecular flexibility index (Phi) is 3.38.